The summed E-state index contributed by atoms with van der Waals surface area (Å²) < 4.78 is 0. The van der Waals surface area contributed by atoms with Crippen molar-refractivity contribution in [3.8, 4) is 0 Å². The van der Waals surface area contributed by atoms with Gasteiger partial charge in [-0.1, -0.05) is 48.7 Å². The number of benzene rings is 2. The lowest BCUT2D eigenvalue weighted by Crippen LogP contribution is -2.47. The second-order valence-electron chi connectivity index (χ2n) is 5.95. The fourth-order valence-corrected chi connectivity index (χ4v) is 2.54. The first-order valence-corrected chi connectivity index (χ1v) is 8.28. The van der Waals surface area contributed by atoms with Gasteiger partial charge in [-0.05, 0) is 44.5 Å². The SMILES string of the molecule is CCCCNN(C(=O)c1ccccc1)C(=O)c1cc(C)cc(C)c1. The van der Waals surface area contributed by atoms with E-state index in [0.29, 0.717) is 17.7 Å². The Kier molecular flexibility index (Phi) is 6.27. The van der Waals surface area contributed by atoms with Crippen molar-refractivity contribution in [1.29, 1.82) is 0 Å². The second-order valence-corrected chi connectivity index (χ2v) is 5.95. The average Bonchev–Trinajstić information content (AvgIpc) is 2.57. The van der Waals surface area contributed by atoms with E-state index in [4.69, 9.17) is 0 Å². The van der Waals surface area contributed by atoms with Crippen molar-refractivity contribution in [3.63, 3.8) is 0 Å². The fourth-order valence-electron chi connectivity index (χ4n) is 2.54. The molecule has 2 aromatic carbocycles. The number of carbonyl (C=O) groups excluding carboxylic acids is 2. The molecule has 2 rings (SSSR count). The number of nitrogens with zero attached hydrogens (tertiary/aromatic N) is 1. The molecule has 24 heavy (non-hydrogen) atoms. The molecule has 0 unspecified atom stereocenters. The van der Waals surface area contributed by atoms with Crippen molar-refractivity contribution in [2.24, 2.45) is 0 Å². The summed E-state index contributed by atoms with van der Waals surface area (Å²) in [6, 6.07) is 14.5. The van der Waals surface area contributed by atoms with Crippen LogP contribution in [-0.2, 0) is 0 Å². The van der Waals surface area contributed by atoms with E-state index in [1.54, 1.807) is 24.3 Å². The average molecular weight is 324 g/mol. The predicted octanol–water partition coefficient (Wildman–Crippen LogP) is 3.89. The summed E-state index contributed by atoms with van der Waals surface area (Å²) in [6.07, 6.45) is 1.87. The molecule has 4 heteroatoms. The van der Waals surface area contributed by atoms with E-state index in [9.17, 15) is 9.59 Å². The molecule has 0 bridgehead atoms. The van der Waals surface area contributed by atoms with E-state index in [-0.39, 0.29) is 11.8 Å². The molecular weight excluding hydrogens is 300 g/mol. The zero-order chi connectivity index (χ0) is 17.5. The van der Waals surface area contributed by atoms with Gasteiger partial charge in [0.05, 0.1) is 0 Å². The van der Waals surface area contributed by atoms with Crippen LogP contribution in [0.15, 0.2) is 48.5 Å². The van der Waals surface area contributed by atoms with Gasteiger partial charge in [0.1, 0.15) is 0 Å². The number of unbranched alkanes of at least 4 members (excludes halogenated alkanes) is 1. The van der Waals surface area contributed by atoms with Crippen LogP contribution < -0.4 is 5.43 Å². The molecule has 0 aliphatic carbocycles. The highest BCUT2D eigenvalue weighted by molar-refractivity contribution is 6.10. The maximum Gasteiger partial charge on any atom is 0.275 e. The number of hydrogen-bond acceptors (Lipinski definition) is 3. The maximum absolute atomic E-state index is 12.9. The number of hydrazine groups is 1. The molecule has 0 atom stereocenters. The Bertz CT molecular complexity index is 691. The number of aryl methyl sites for hydroxylation is 2. The Morgan fingerprint density at radius 2 is 1.50 bits per heavy atom. The molecule has 126 valence electrons. The molecule has 0 saturated carbocycles. The van der Waals surface area contributed by atoms with Crippen LogP contribution in [-0.4, -0.2) is 23.4 Å². The molecule has 2 amide bonds. The van der Waals surface area contributed by atoms with E-state index in [0.717, 1.165) is 29.0 Å². The molecule has 0 aliphatic rings. The fraction of sp³-hybridized carbons (Fsp3) is 0.300. The van der Waals surface area contributed by atoms with Crippen LogP contribution in [0.2, 0.25) is 0 Å². The summed E-state index contributed by atoms with van der Waals surface area (Å²) in [5.41, 5.74) is 5.99. The Morgan fingerprint density at radius 1 is 0.917 bits per heavy atom. The summed E-state index contributed by atoms with van der Waals surface area (Å²) in [4.78, 5) is 25.7. The van der Waals surface area contributed by atoms with Crippen LogP contribution in [0, 0.1) is 13.8 Å². The minimum absolute atomic E-state index is 0.327. The lowest BCUT2D eigenvalue weighted by molar-refractivity contribution is 0.0526. The topological polar surface area (TPSA) is 49.4 Å². The highest BCUT2D eigenvalue weighted by Gasteiger charge is 2.24. The summed E-state index contributed by atoms with van der Waals surface area (Å²) in [5.74, 6) is -0.664. The minimum Gasteiger partial charge on any atom is -0.267 e. The van der Waals surface area contributed by atoms with E-state index in [1.165, 1.54) is 0 Å². The zero-order valence-electron chi connectivity index (χ0n) is 14.5. The summed E-state index contributed by atoms with van der Waals surface area (Å²) in [7, 11) is 0. The monoisotopic (exact) mass is 324 g/mol. The van der Waals surface area contributed by atoms with Crippen LogP contribution >= 0.6 is 0 Å². The largest absolute Gasteiger partial charge is 0.275 e. The van der Waals surface area contributed by atoms with Gasteiger partial charge < -0.3 is 0 Å². The Hall–Kier alpha value is -2.46. The number of amides is 2. The van der Waals surface area contributed by atoms with Gasteiger partial charge in [-0.2, -0.15) is 0 Å². The predicted molar refractivity (Wildman–Crippen MR) is 95.8 cm³/mol. The standard InChI is InChI=1S/C20H24N2O2/c1-4-5-11-21-22(19(23)17-9-7-6-8-10-17)20(24)18-13-15(2)12-16(3)14-18/h6-10,12-14,21H,4-5,11H2,1-3H3. The molecular formula is C20H24N2O2. The smallest absolute Gasteiger partial charge is 0.267 e. The highest BCUT2D eigenvalue weighted by atomic mass is 16.2. The highest BCUT2D eigenvalue weighted by Crippen LogP contribution is 2.13. The molecule has 1 N–H and O–H groups in total. The first-order chi connectivity index (χ1) is 11.5. The van der Waals surface area contributed by atoms with Crippen molar-refractivity contribution in [3.05, 3.63) is 70.8 Å². The molecule has 2 aromatic rings. The van der Waals surface area contributed by atoms with E-state index in [2.05, 4.69) is 12.3 Å². The number of imide groups is 1. The summed E-state index contributed by atoms with van der Waals surface area (Å²) >= 11 is 0. The third kappa shape index (κ3) is 4.52. The normalized spacial score (nSPS) is 10.5. The van der Waals surface area contributed by atoms with Crippen molar-refractivity contribution >= 4 is 11.8 Å². The van der Waals surface area contributed by atoms with Crippen LogP contribution in [0.25, 0.3) is 0 Å². The minimum atomic E-state index is -0.337. The molecule has 0 heterocycles. The van der Waals surface area contributed by atoms with E-state index < -0.39 is 0 Å². The maximum atomic E-state index is 12.9. The van der Waals surface area contributed by atoms with Gasteiger partial charge in [0.25, 0.3) is 11.8 Å². The van der Waals surface area contributed by atoms with Crippen molar-refractivity contribution < 1.29 is 9.59 Å². The Balaban J connectivity index is 2.30. The van der Waals surface area contributed by atoms with Gasteiger partial charge in [-0.3, -0.25) is 9.59 Å². The van der Waals surface area contributed by atoms with Gasteiger partial charge in [0, 0.05) is 17.7 Å². The van der Waals surface area contributed by atoms with Gasteiger partial charge in [0.2, 0.25) is 0 Å². The molecule has 0 saturated heterocycles. The van der Waals surface area contributed by atoms with Crippen molar-refractivity contribution in [2.75, 3.05) is 6.54 Å². The third-order valence-electron chi connectivity index (χ3n) is 3.70. The lowest BCUT2D eigenvalue weighted by atomic mass is 10.1. The van der Waals surface area contributed by atoms with E-state index >= 15 is 0 Å². The molecule has 0 aromatic heterocycles. The quantitative estimate of drug-likeness (QED) is 0.498. The number of nitrogens with one attached hydrogen (secondary N) is 1. The van der Waals surface area contributed by atoms with Crippen molar-refractivity contribution in [1.82, 2.24) is 10.4 Å². The molecule has 0 aliphatic heterocycles. The van der Waals surface area contributed by atoms with Gasteiger partial charge in [0.15, 0.2) is 0 Å². The summed E-state index contributed by atoms with van der Waals surface area (Å²) in [6.45, 7) is 6.53. The van der Waals surface area contributed by atoms with Crippen LogP contribution in [0.4, 0.5) is 0 Å². The number of carbonyl (C=O) groups is 2. The van der Waals surface area contributed by atoms with Gasteiger partial charge in [-0.15, -0.1) is 0 Å². The Labute approximate surface area is 143 Å². The van der Waals surface area contributed by atoms with Gasteiger partial charge in [-0.25, -0.2) is 10.4 Å². The lowest BCUT2D eigenvalue weighted by Gasteiger charge is -2.22. The number of rotatable bonds is 6. The summed E-state index contributed by atoms with van der Waals surface area (Å²) in [5, 5.41) is 1.14. The van der Waals surface area contributed by atoms with Crippen LogP contribution in [0.5, 0.6) is 0 Å². The van der Waals surface area contributed by atoms with E-state index in [1.807, 2.05) is 38.1 Å². The first-order valence-electron chi connectivity index (χ1n) is 8.28. The second kappa shape index (κ2) is 8.41. The van der Waals surface area contributed by atoms with Crippen LogP contribution in [0.1, 0.15) is 51.6 Å². The van der Waals surface area contributed by atoms with Gasteiger partial charge >= 0.3 is 0 Å². The molecule has 4 nitrogen and oxygen atoms in total. The van der Waals surface area contributed by atoms with Crippen LogP contribution in [0.3, 0.4) is 0 Å². The third-order valence-corrected chi connectivity index (χ3v) is 3.70. The molecule has 0 spiro atoms. The Morgan fingerprint density at radius 3 is 2.08 bits per heavy atom. The first kappa shape index (κ1) is 17.9. The molecule has 0 fully saturated rings. The van der Waals surface area contributed by atoms with Crippen molar-refractivity contribution in [2.45, 2.75) is 33.6 Å². The zero-order valence-corrected chi connectivity index (χ0v) is 14.5. The molecule has 0 radical (unpaired) electrons. The number of hydrogen-bond donors (Lipinski definition) is 1.